The molecular weight excluding hydrogens is 251 g/mol. The second-order valence-corrected chi connectivity index (χ2v) is 7.53. The third-order valence-corrected chi connectivity index (χ3v) is 6.55. The van der Waals surface area contributed by atoms with E-state index in [1.165, 1.54) is 15.6 Å². The molecule has 0 aromatic heterocycles. The van der Waals surface area contributed by atoms with Crippen molar-refractivity contribution in [3.8, 4) is 0 Å². The maximum Gasteiger partial charge on any atom is 0.132 e. The Bertz CT molecular complexity index is 529. The van der Waals surface area contributed by atoms with Crippen LogP contribution >= 0.6 is 0 Å². The van der Waals surface area contributed by atoms with Crippen molar-refractivity contribution < 1.29 is 0 Å². The molecule has 0 saturated carbocycles. The Balaban J connectivity index is 0.00000147. The molecule has 0 saturated heterocycles. The van der Waals surface area contributed by atoms with Crippen LogP contribution in [0.15, 0.2) is 91.0 Å². The molecule has 0 heterocycles. The molecule has 0 amide bonds. The first kappa shape index (κ1) is 14.9. The van der Waals surface area contributed by atoms with E-state index in [1.54, 1.807) is 0 Å². The second-order valence-electron chi connectivity index (χ2n) is 4.67. The van der Waals surface area contributed by atoms with Crippen LogP contribution in [-0.2, 0) is 0 Å². The van der Waals surface area contributed by atoms with E-state index >= 15 is 0 Å². The zero-order chi connectivity index (χ0) is 12.9. The summed E-state index contributed by atoms with van der Waals surface area (Å²) in [5.74, 6) is 0. The van der Waals surface area contributed by atoms with Crippen LogP contribution in [0.25, 0.3) is 0 Å². The van der Waals surface area contributed by atoms with Crippen molar-refractivity contribution in [1.82, 2.24) is 0 Å². The molecule has 3 aromatic rings. The molecule has 0 aliphatic carbocycles. The fourth-order valence-electron chi connectivity index (χ4n) is 2.51. The molecule has 0 unspecified atom stereocenters. The Hall–Kier alpha value is -1.53. The molecule has 0 aliphatic heterocycles. The van der Waals surface area contributed by atoms with Gasteiger partial charge in [-0.15, -0.1) is 0 Å². The standard InChI is InChI=1S/C18H16Si.Li/c1-4-10-16(11-5-1)19(17-12-6-2-7-13-17)18-14-8-3-9-15-18;/h1-15,19H;. The summed E-state index contributed by atoms with van der Waals surface area (Å²) in [6, 6.07) is 32.7. The Kier molecular flexibility index (Phi) is 5.44. The van der Waals surface area contributed by atoms with Gasteiger partial charge in [0.15, 0.2) is 0 Å². The molecule has 1 radical (unpaired) electrons. The van der Waals surface area contributed by atoms with Crippen LogP contribution < -0.4 is 15.6 Å². The second kappa shape index (κ2) is 7.31. The fraction of sp³-hybridized carbons (Fsp3) is 0. The van der Waals surface area contributed by atoms with Gasteiger partial charge in [0.05, 0.1) is 0 Å². The number of hydrogen-bond donors (Lipinski definition) is 0. The van der Waals surface area contributed by atoms with E-state index in [-0.39, 0.29) is 18.9 Å². The van der Waals surface area contributed by atoms with Gasteiger partial charge in [0, 0.05) is 18.9 Å². The van der Waals surface area contributed by atoms with Crippen LogP contribution in [0.4, 0.5) is 0 Å². The van der Waals surface area contributed by atoms with Gasteiger partial charge in [-0.05, 0) is 0 Å². The van der Waals surface area contributed by atoms with E-state index in [4.69, 9.17) is 0 Å². The largest absolute Gasteiger partial charge is 0.132 e. The summed E-state index contributed by atoms with van der Waals surface area (Å²) in [4.78, 5) is 0. The van der Waals surface area contributed by atoms with Crippen LogP contribution in [0.2, 0.25) is 0 Å². The molecule has 3 rings (SSSR count). The topological polar surface area (TPSA) is 0 Å². The molecular formula is C18H16LiSi. The molecule has 0 aliphatic rings. The molecule has 0 N–H and O–H groups in total. The average Bonchev–Trinajstić information content (AvgIpc) is 2.51. The quantitative estimate of drug-likeness (QED) is 0.499. The van der Waals surface area contributed by atoms with Gasteiger partial charge in [0.2, 0.25) is 0 Å². The zero-order valence-electron chi connectivity index (χ0n) is 11.7. The van der Waals surface area contributed by atoms with Gasteiger partial charge in [-0.1, -0.05) is 107 Å². The molecule has 2 heteroatoms. The summed E-state index contributed by atoms with van der Waals surface area (Å²) in [6.45, 7) is 0. The smallest absolute Gasteiger partial charge is 0.0625 e. The fourth-order valence-corrected chi connectivity index (χ4v) is 5.49. The van der Waals surface area contributed by atoms with Gasteiger partial charge in [0.1, 0.15) is 8.80 Å². The van der Waals surface area contributed by atoms with E-state index < -0.39 is 8.80 Å². The third kappa shape index (κ3) is 3.32. The molecule has 93 valence electrons. The summed E-state index contributed by atoms with van der Waals surface area (Å²) < 4.78 is 0. The van der Waals surface area contributed by atoms with Crippen LogP contribution in [0, 0.1) is 0 Å². The summed E-state index contributed by atoms with van der Waals surface area (Å²) in [6.07, 6.45) is 0. The number of hydrogen-bond acceptors (Lipinski definition) is 0. The zero-order valence-corrected chi connectivity index (χ0v) is 12.9. The minimum atomic E-state index is -1.31. The Morgan fingerprint density at radius 3 is 0.900 bits per heavy atom. The first-order chi connectivity index (χ1) is 9.45. The van der Waals surface area contributed by atoms with Gasteiger partial charge >= 0.3 is 0 Å². The SMILES string of the molecule is [Li].c1ccc([SiH](c2ccccc2)c2ccccc2)cc1. The molecule has 0 spiro atoms. The predicted octanol–water partition coefficient (Wildman–Crippen LogP) is 1.55. The molecule has 0 bridgehead atoms. The van der Waals surface area contributed by atoms with E-state index in [0.29, 0.717) is 0 Å². The molecule has 0 atom stereocenters. The van der Waals surface area contributed by atoms with E-state index in [9.17, 15) is 0 Å². The van der Waals surface area contributed by atoms with Gasteiger partial charge < -0.3 is 0 Å². The summed E-state index contributed by atoms with van der Waals surface area (Å²) in [5, 5.41) is 4.42. The minimum Gasteiger partial charge on any atom is -0.0625 e. The van der Waals surface area contributed by atoms with E-state index in [0.717, 1.165) is 0 Å². The maximum absolute atomic E-state index is 2.26. The third-order valence-electron chi connectivity index (χ3n) is 3.40. The Morgan fingerprint density at radius 1 is 0.400 bits per heavy atom. The maximum atomic E-state index is 2.26. The number of rotatable bonds is 3. The summed E-state index contributed by atoms with van der Waals surface area (Å²) >= 11 is 0. The monoisotopic (exact) mass is 267 g/mol. The first-order valence-electron chi connectivity index (χ1n) is 6.60. The van der Waals surface area contributed by atoms with Crippen molar-refractivity contribution >= 4 is 43.2 Å². The van der Waals surface area contributed by atoms with Crippen molar-refractivity contribution in [1.29, 1.82) is 0 Å². The van der Waals surface area contributed by atoms with Gasteiger partial charge in [-0.2, -0.15) is 0 Å². The van der Waals surface area contributed by atoms with Crippen molar-refractivity contribution in [3.63, 3.8) is 0 Å². The Labute approximate surface area is 134 Å². The van der Waals surface area contributed by atoms with E-state index in [2.05, 4.69) is 91.0 Å². The summed E-state index contributed by atoms with van der Waals surface area (Å²) in [7, 11) is -1.31. The molecule has 0 nitrogen and oxygen atoms in total. The normalized spacial score (nSPS) is 10.1. The average molecular weight is 267 g/mol. The summed E-state index contributed by atoms with van der Waals surface area (Å²) in [5.41, 5.74) is 0. The van der Waals surface area contributed by atoms with Crippen molar-refractivity contribution in [2.75, 3.05) is 0 Å². The van der Waals surface area contributed by atoms with Gasteiger partial charge in [-0.25, -0.2) is 0 Å². The molecule has 3 aromatic carbocycles. The first-order valence-corrected chi connectivity index (χ1v) is 8.33. The van der Waals surface area contributed by atoms with Crippen LogP contribution in [0.1, 0.15) is 0 Å². The Morgan fingerprint density at radius 2 is 0.650 bits per heavy atom. The minimum absolute atomic E-state index is 0. The number of benzene rings is 3. The van der Waals surface area contributed by atoms with Crippen LogP contribution in [-0.4, -0.2) is 27.7 Å². The van der Waals surface area contributed by atoms with E-state index in [1.807, 2.05) is 0 Å². The predicted molar refractivity (Wildman–Crippen MR) is 91.1 cm³/mol. The van der Waals surface area contributed by atoms with Gasteiger partial charge in [0.25, 0.3) is 0 Å². The molecule has 20 heavy (non-hydrogen) atoms. The molecule has 0 fully saturated rings. The van der Waals surface area contributed by atoms with Crippen molar-refractivity contribution in [3.05, 3.63) is 91.0 Å². The van der Waals surface area contributed by atoms with Gasteiger partial charge in [-0.3, -0.25) is 0 Å². The van der Waals surface area contributed by atoms with Crippen LogP contribution in [0.5, 0.6) is 0 Å². The van der Waals surface area contributed by atoms with Crippen LogP contribution in [0.3, 0.4) is 0 Å². The van der Waals surface area contributed by atoms with Crippen molar-refractivity contribution in [2.24, 2.45) is 0 Å². The van der Waals surface area contributed by atoms with Crippen molar-refractivity contribution in [2.45, 2.75) is 0 Å².